The fraction of sp³-hybridized carbons (Fsp3) is 0.182. The van der Waals surface area contributed by atoms with Crippen LogP contribution in [0.15, 0.2) is 84.9 Å². The average Bonchev–Trinajstić information content (AvgIpc) is 2.68. The molecule has 128 valence electrons. The smallest absolute Gasteiger partial charge is 0.146 e. The lowest BCUT2D eigenvalue weighted by molar-refractivity contribution is 0.00999. The Morgan fingerprint density at radius 3 is 1.80 bits per heavy atom. The molecule has 0 aromatic heterocycles. The first-order valence-corrected chi connectivity index (χ1v) is 8.49. The van der Waals surface area contributed by atoms with E-state index >= 15 is 0 Å². The van der Waals surface area contributed by atoms with Crippen molar-refractivity contribution in [1.29, 1.82) is 0 Å². The predicted octanol–water partition coefficient (Wildman–Crippen LogP) is 4.48. The van der Waals surface area contributed by atoms with Crippen LogP contribution < -0.4 is 5.73 Å². The molecule has 0 saturated heterocycles. The molecule has 0 heterocycles. The molecule has 3 rings (SSSR count). The van der Waals surface area contributed by atoms with E-state index in [1.54, 1.807) is 12.1 Å². The van der Waals surface area contributed by atoms with E-state index in [0.717, 1.165) is 11.1 Å². The maximum absolute atomic E-state index is 14.9. The van der Waals surface area contributed by atoms with Crippen LogP contribution in [0.3, 0.4) is 0 Å². The van der Waals surface area contributed by atoms with E-state index in [9.17, 15) is 4.39 Å². The minimum absolute atomic E-state index is 0.289. The van der Waals surface area contributed by atoms with E-state index in [1.165, 1.54) is 6.07 Å². The quantitative estimate of drug-likeness (QED) is 0.510. The Morgan fingerprint density at radius 2 is 1.28 bits per heavy atom. The third kappa shape index (κ3) is 3.48. The third-order valence-corrected chi connectivity index (χ3v) is 4.28. The van der Waals surface area contributed by atoms with E-state index in [0.29, 0.717) is 25.1 Å². The van der Waals surface area contributed by atoms with Gasteiger partial charge in [-0.2, -0.15) is 0 Å². The maximum atomic E-state index is 14.9. The zero-order valence-corrected chi connectivity index (χ0v) is 14.1. The van der Waals surface area contributed by atoms with Crippen molar-refractivity contribution in [2.75, 3.05) is 13.2 Å². The molecule has 0 atom stereocenters. The van der Waals surface area contributed by atoms with Crippen molar-refractivity contribution in [3.63, 3.8) is 0 Å². The zero-order chi connectivity index (χ0) is 17.5. The van der Waals surface area contributed by atoms with Gasteiger partial charge in [-0.25, -0.2) is 4.39 Å². The highest BCUT2D eigenvalue weighted by atomic mass is 19.1. The number of benzene rings is 3. The fourth-order valence-electron chi connectivity index (χ4n) is 3.12. The summed E-state index contributed by atoms with van der Waals surface area (Å²) >= 11 is 0. The molecule has 0 aliphatic heterocycles. The molecule has 3 heteroatoms. The van der Waals surface area contributed by atoms with Gasteiger partial charge in [0.05, 0.1) is 0 Å². The summed E-state index contributed by atoms with van der Waals surface area (Å²) in [7, 11) is 0. The number of hydrogen-bond acceptors (Lipinski definition) is 2. The Hall–Kier alpha value is -2.49. The Labute approximate surface area is 148 Å². The molecule has 0 spiro atoms. The SMILES string of the molecule is NCCCOC(c1ccccc1)(c1ccccc1)c1ccccc1F. The molecule has 2 nitrogen and oxygen atoms in total. The second kappa shape index (κ2) is 8.06. The van der Waals surface area contributed by atoms with Crippen molar-refractivity contribution in [2.24, 2.45) is 5.73 Å². The number of rotatable bonds is 7. The van der Waals surface area contributed by atoms with Gasteiger partial charge in [0.1, 0.15) is 11.4 Å². The molecule has 0 unspecified atom stereocenters. The van der Waals surface area contributed by atoms with Crippen LogP contribution in [0.2, 0.25) is 0 Å². The van der Waals surface area contributed by atoms with Gasteiger partial charge in [-0.05, 0) is 30.2 Å². The van der Waals surface area contributed by atoms with Gasteiger partial charge in [0.25, 0.3) is 0 Å². The maximum Gasteiger partial charge on any atom is 0.146 e. The van der Waals surface area contributed by atoms with Gasteiger partial charge in [0.2, 0.25) is 0 Å². The molecule has 0 amide bonds. The Bertz CT molecular complexity index is 750. The van der Waals surface area contributed by atoms with Crippen LogP contribution in [0.4, 0.5) is 4.39 Å². The predicted molar refractivity (Wildman–Crippen MR) is 98.8 cm³/mol. The topological polar surface area (TPSA) is 35.2 Å². The van der Waals surface area contributed by atoms with E-state index in [2.05, 4.69) is 0 Å². The van der Waals surface area contributed by atoms with E-state index < -0.39 is 5.60 Å². The molecule has 2 N–H and O–H groups in total. The highest BCUT2D eigenvalue weighted by molar-refractivity contribution is 5.47. The van der Waals surface area contributed by atoms with Crippen LogP contribution in [-0.2, 0) is 10.3 Å². The summed E-state index contributed by atoms with van der Waals surface area (Å²) < 4.78 is 21.2. The number of halogens is 1. The van der Waals surface area contributed by atoms with Crippen molar-refractivity contribution in [1.82, 2.24) is 0 Å². The van der Waals surface area contributed by atoms with Gasteiger partial charge >= 0.3 is 0 Å². The lowest BCUT2D eigenvalue weighted by Gasteiger charge is -2.36. The first-order valence-electron chi connectivity index (χ1n) is 8.49. The Balaban J connectivity index is 2.26. The lowest BCUT2D eigenvalue weighted by atomic mass is 9.79. The number of hydrogen-bond donors (Lipinski definition) is 1. The molecule has 0 aliphatic rings. The minimum Gasteiger partial charge on any atom is -0.361 e. The first kappa shape index (κ1) is 17.3. The van der Waals surface area contributed by atoms with Crippen molar-refractivity contribution in [3.8, 4) is 0 Å². The van der Waals surface area contributed by atoms with Crippen LogP contribution >= 0.6 is 0 Å². The molecular weight excluding hydrogens is 313 g/mol. The summed E-state index contributed by atoms with van der Waals surface area (Å²) in [4.78, 5) is 0. The molecule has 3 aromatic carbocycles. The van der Waals surface area contributed by atoms with Crippen LogP contribution in [-0.4, -0.2) is 13.2 Å². The normalized spacial score (nSPS) is 11.4. The van der Waals surface area contributed by atoms with Gasteiger partial charge in [0.15, 0.2) is 0 Å². The summed E-state index contributed by atoms with van der Waals surface area (Å²) in [5, 5.41) is 0. The molecule has 0 aliphatic carbocycles. The third-order valence-electron chi connectivity index (χ3n) is 4.28. The van der Waals surface area contributed by atoms with Crippen LogP contribution in [0.5, 0.6) is 0 Å². The van der Waals surface area contributed by atoms with E-state index in [4.69, 9.17) is 10.5 Å². The molecule has 0 fully saturated rings. The zero-order valence-electron chi connectivity index (χ0n) is 14.1. The molecule has 0 radical (unpaired) electrons. The summed E-state index contributed by atoms with van der Waals surface area (Å²) in [6.45, 7) is 0.964. The monoisotopic (exact) mass is 335 g/mol. The van der Waals surface area contributed by atoms with Gasteiger partial charge in [-0.15, -0.1) is 0 Å². The minimum atomic E-state index is -1.01. The van der Waals surface area contributed by atoms with E-state index in [-0.39, 0.29) is 5.82 Å². The van der Waals surface area contributed by atoms with Gasteiger partial charge in [0, 0.05) is 12.2 Å². The van der Waals surface area contributed by atoms with Gasteiger partial charge in [-0.1, -0.05) is 78.9 Å². The highest BCUT2D eigenvalue weighted by Crippen LogP contribution is 2.41. The molecule has 25 heavy (non-hydrogen) atoms. The van der Waals surface area contributed by atoms with Crippen LogP contribution in [0.25, 0.3) is 0 Å². The Morgan fingerprint density at radius 1 is 0.760 bits per heavy atom. The molecule has 0 bridgehead atoms. The van der Waals surface area contributed by atoms with Crippen molar-refractivity contribution >= 4 is 0 Å². The molecule has 0 saturated carbocycles. The number of ether oxygens (including phenoxy) is 1. The average molecular weight is 335 g/mol. The molecule has 3 aromatic rings. The van der Waals surface area contributed by atoms with Crippen molar-refractivity contribution in [2.45, 2.75) is 12.0 Å². The summed E-state index contributed by atoms with van der Waals surface area (Å²) in [6, 6.07) is 26.4. The Kier molecular flexibility index (Phi) is 5.59. The first-order chi connectivity index (χ1) is 12.3. The van der Waals surface area contributed by atoms with Crippen LogP contribution in [0.1, 0.15) is 23.1 Å². The lowest BCUT2D eigenvalue weighted by Crippen LogP contribution is -2.34. The van der Waals surface area contributed by atoms with Gasteiger partial charge in [-0.3, -0.25) is 0 Å². The van der Waals surface area contributed by atoms with Gasteiger partial charge < -0.3 is 10.5 Å². The highest BCUT2D eigenvalue weighted by Gasteiger charge is 2.39. The summed E-state index contributed by atoms with van der Waals surface area (Å²) in [6.07, 6.45) is 0.704. The van der Waals surface area contributed by atoms with Crippen molar-refractivity contribution in [3.05, 3.63) is 107 Å². The largest absolute Gasteiger partial charge is 0.361 e. The summed E-state index contributed by atoms with van der Waals surface area (Å²) in [5.74, 6) is -0.289. The number of nitrogens with two attached hydrogens (primary N) is 1. The molecular formula is C22H22FNO. The van der Waals surface area contributed by atoms with Crippen LogP contribution in [0, 0.1) is 5.82 Å². The summed E-state index contributed by atoms with van der Waals surface area (Å²) in [5.41, 5.74) is 6.93. The standard InChI is InChI=1S/C22H22FNO/c23-21-15-8-7-14-20(21)22(25-17-9-16-24,18-10-3-1-4-11-18)19-12-5-2-6-13-19/h1-8,10-15H,9,16-17,24H2. The second-order valence-corrected chi connectivity index (χ2v) is 5.88. The second-order valence-electron chi connectivity index (χ2n) is 5.88. The fourth-order valence-corrected chi connectivity index (χ4v) is 3.12. The van der Waals surface area contributed by atoms with Crippen molar-refractivity contribution < 1.29 is 9.13 Å². The van der Waals surface area contributed by atoms with E-state index in [1.807, 2.05) is 66.7 Å².